The first-order valence-corrected chi connectivity index (χ1v) is 9.14. The number of ketones is 1. The van der Waals surface area contributed by atoms with E-state index in [1.807, 2.05) is 12.1 Å². The van der Waals surface area contributed by atoms with Crippen LogP contribution in [-0.4, -0.2) is 36.6 Å². The number of Topliss-reactive ketones (excluding diaryl/α,β-unsaturated/α-hetero) is 1. The predicted octanol–water partition coefficient (Wildman–Crippen LogP) is 1.11. The van der Waals surface area contributed by atoms with E-state index < -0.39 is 11.5 Å². The van der Waals surface area contributed by atoms with Crippen molar-refractivity contribution in [1.29, 1.82) is 0 Å². The maximum Gasteiger partial charge on any atom is 0.268 e. The monoisotopic (exact) mass is 355 g/mol. The first kappa shape index (κ1) is 17.0. The molecule has 0 aliphatic carbocycles. The number of anilines is 1. The van der Waals surface area contributed by atoms with E-state index in [4.69, 9.17) is 4.42 Å². The Bertz CT molecular complexity index is 811. The van der Waals surface area contributed by atoms with Gasteiger partial charge in [-0.25, -0.2) is 0 Å². The number of rotatable bonds is 5. The highest BCUT2D eigenvalue weighted by atomic mass is 16.3. The zero-order valence-corrected chi connectivity index (χ0v) is 14.6. The van der Waals surface area contributed by atoms with Gasteiger partial charge < -0.3 is 14.4 Å². The lowest BCUT2D eigenvalue weighted by Crippen LogP contribution is -3.14. The number of para-hydroxylation sites is 1. The van der Waals surface area contributed by atoms with E-state index in [2.05, 4.69) is 0 Å². The van der Waals surface area contributed by atoms with Crippen LogP contribution in [0.2, 0.25) is 0 Å². The molecule has 26 heavy (non-hydrogen) atoms. The third-order valence-electron chi connectivity index (χ3n) is 5.39. The Morgan fingerprint density at radius 2 is 1.92 bits per heavy atom. The second-order valence-electron chi connectivity index (χ2n) is 7.16. The Balaban J connectivity index is 1.63. The molecule has 0 spiro atoms. The molecule has 0 saturated carbocycles. The number of carbonyl (C=O) groups excluding carboxylic acids is 2. The number of likely N-dealkylation sites (tertiary alicyclic amines) is 1. The van der Waals surface area contributed by atoms with Crippen LogP contribution in [0, 0.1) is 0 Å². The highest BCUT2D eigenvalue weighted by Gasteiger charge is 2.52. The van der Waals surface area contributed by atoms with Crippen LogP contribution < -0.4 is 9.80 Å². The lowest BCUT2D eigenvalue weighted by Gasteiger charge is -2.29. The molecule has 1 aromatic carbocycles. The Kier molecular flexibility index (Phi) is 4.38. The molecule has 2 aliphatic rings. The number of piperidine rings is 1. The lowest BCUT2D eigenvalue weighted by molar-refractivity contribution is -0.903. The van der Waals surface area contributed by atoms with Crippen LogP contribution in [-0.2, 0) is 10.4 Å². The quantitative estimate of drug-likeness (QED) is 0.788. The van der Waals surface area contributed by atoms with Crippen molar-refractivity contribution in [2.75, 3.05) is 24.7 Å². The molecule has 4 rings (SSSR count). The van der Waals surface area contributed by atoms with Gasteiger partial charge in [-0.3, -0.25) is 14.5 Å². The molecule has 1 aromatic heterocycles. The maximum atomic E-state index is 13.1. The van der Waals surface area contributed by atoms with Gasteiger partial charge in [-0.2, -0.15) is 0 Å². The number of amides is 1. The van der Waals surface area contributed by atoms with Gasteiger partial charge in [0.05, 0.1) is 31.5 Å². The summed E-state index contributed by atoms with van der Waals surface area (Å²) >= 11 is 0. The average Bonchev–Trinajstić information content (AvgIpc) is 3.26. The zero-order chi connectivity index (χ0) is 18.1. The largest absolute Gasteiger partial charge is 0.461 e. The Morgan fingerprint density at radius 3 is 2.65 bits per heavy atom. The van der Waals surface area contributed by atoms with Crippen LogP contribution in [0.4, 0.5) is 5.69 Å². The summed E-state index contributed by atoms with van der Waals surface area (Å²) in [6.45, 7) is 2.57. The van der Waals surface area contributed by atoms with E-state index in [-0.39, 0.29) is 18.0 Å². The van der Waals surface area contributed by atoms with Crippen molar-refractivity contribution in [2.45, 2.75) is 31.3 Å². The highest BCUT2D eigenvalue weighted by Crippen LogP contribution is 2.42. The van der Waals surface area contributed by atoms with Crippen LogP contribution in [0.25, 0.3) is 0 Å². The van der Waals surface area contributed by atoms with Crippen molar-refractivity contribution in [3.05, 3.63) is 54.0 Å². The van der Waals surface area contributed by atoms with Crippen molar-refractivity contribution < 1.29 is 24.0 Å². The molecule has 2 aromatic rings. The van der Waals surface area contributed by atoms with E-state index in [9.17, 15) is 14.7 Å². The topological polar surface area (TPSA) is 75.2 Å². The Morgan fingerprint density at radius 1 is 1.15 bits per heavy atom. The third-order valence-corrected chi connectivity index (χ3v) is 5.39. The summed E-state index contributed by atoms with van der Waals surface area (Å²) in [5, 5.41) is 11.2. The van der Waals surface area contributed by atoms with E-state index in [0.29, 0.717) is 17.9 Å². The normalized spacial score (nSPS) is 23.3. The Hall–Kier alpha value is -2.44. The molecule has 136 valence electrons. The van der Waals surface area contributed by atoms with Gasteiger partial charge in [0.25, 0.3) is 5.91 Å². The first-order chi connectivity index (χ1) is 12.6. The predicted molar refractivity (Wildman–Crippen MR) is 94.9 cm³/mol. The summed E-state index contributed by atoms with van der Waals surface area (Å²) in [5.74, 6) is -0.645. The minimum atomic E-state index is -1.84. The molecule has 6 nitrogen and oxygen atoms in total. The van der Waals surface area contributed by atoms with Gasteiger partial charge in [-0.1, -0.05) is 18.2 Å². The number of carbonyl (C=O) groups is 2. The summed E-state index contributed by atoms with van der Waals surface area (Å²) in [7, 11) is 0. The summed E-state index contributed by atoms with van der Waals surface area (Å²) < 4.78 is 5.13. The summed E-state index contributed by atoms with van der Waals surface area (Å²) in [5.41, 5.74) is -0.637. The molecule has 1 atom stereocenters. The van der Waals surface area contributed by atoms with E-state index in [1.54, 1.807) is 29.2 Å². The number of quaternary nitrogens is 1. The maximum absolute atomic E-state index is 13.1. The SMILES string of the molecule is O=C(C[C@@]1(O)C(=O)N(C[NH+]2CCCCC2)c2ccccc21)c1ccco1. The number of hydrogen-bond donors (Lipinski definition) is 2. The first-order valence-electron chi connectivity index (χ1n) is 9.14. The smallest absolute Gasteiger partial charge is 0.268 e. The molecule has 1 saturated heterocycles. The van der Waals surface area contributed by atoms with Gasteiger partial charge in [0, 0.05) is 5.56 Å². The number of furan rings is 1. The standard InChI is InChI=1S/C20H22N2O4/c23-17(18-9-6-12-26-18)13-20(25)15-7-2-3-8-16(15)22(19(20)24)14-21-10-4-1-5-11-21/h2-3,6-9,12,25H,1,4-5,10-11,13-14H2/p+1/t20-/m0/s1. The molecule has 2 aliphatic heterocycles. The molecular formula is C20H23N2O4+. The van der Waals surface area contributed by atoms with Gasteiger partial charge >= 0.3 is 0 Å². The van der Waals surface area contributed by atoms with E-state index >= 15 is 0 Å². The van der Waals surface area contributed by atoms with E-state index in [0.717, 1.165) is 25.9 Å². The number of hydrogen-bond acceptors (Lipinski definition) is 4. The lowest BCUT2D eigenvalue weighted by atomic mass is 9.89. The molecule has 6 heteroatoms. The summed E-state index contributed by atoms with van der Waals surface area (Å²) in [6, 6.07) is 10.4. The third kappa shape index (κ3) is 2.85. The summed E-state index contributed by atoms with van der Waals surface area (Å²) in [6.07, 6.45) is 4.63. The minimum absolute atomic E-state index is 0.156. The van der Waals surface area contributed by atoms with Crippen LogP contribution in [0.1, 0.15) is 41.8 Å². The van der Waals surface area contributed by atoms with Crippen LogP contribution in [0.15, 0.2) is 47.1 Å². The number of benzene rings is 1. The van der Waals surface area contributed by atoms with Crippen LogP contribution >= 0.6 is 0 Å². The fraction of sp³-hybridized carbons (Fsp3) is 0.400. The zero-order valence-electron chi connectivity index (χ0n) is 14.6. The van der Waals surface area contributed by atoms with E-state index in [1.165, 1.54) is 17.6 Å². The van der Waals surface area contributed by atoms with Crippen LogP contribution in [0.5, 0.6) is 0 Å². The molecule has 2 N–H and O–H groups in total. The van der Waals surface area contributed by atoms with Gasteiger partial charge in [0.1, 0.15) is 0 Å². The molecular weight excluding hydrogens is 332 g/mol. The van der Waals surface area contributed by atoms with Gasteiger partial charge in [-0.15, -0.1) is 0 Å². The molecule has 0 unspecified atom stereocenters. The molecule has 0 radical (unpaired) electrons. The number of nitrogens with zero attached hydrogens (tertiary/aromatic N) is 1. The number of fused-ring (bicyclic) bond motifs is 1. The second kappa shape index (κ2) is 6.70. The highest BCUT2D eigenvalue weighted by molar-refractivity contribution is 6.10. The minimum Gasteiger partial charge on any atom is -0.461 e. The van der Waals surface area contributed by atoms with Gasteiger partial charge in [-0.05, 0) is 37.5 Å². The second-order valence-corrected chi connectivity index (χ2v) is 7.16. The van der Waals surface area contributed by atoms with Crippen molar-refractivity contribution in [3.63, 3.8) is 0 Å². The van der Waals surface area contributed by atoms with Crippen molar-refractivity contribution >= 4 is 17.4 Å². The fourth-order valence-electron chi connectivity index (χ4n) is 4.02. The van der Waals surface area contributed by atoms with Crippen molar-refractivity contribution in [3.8, 4) is 0 Å². The molecule has 1 amide bonds. The van der Waals surface area contributed by atoms with Gasteiger partial charge in [0.15, 0.2) is 18.0 Å². The van der Waals surface area contributed by atoms with Crippen molar-refractivity contribution in [1.82, 2.24) is 0 Å². The molecule has 3 heterocycles. The Labute approximate surface area is 152 Å². The molecule has 1 fully saturated rings. The molecule has 0 bridgehead atoms. The average molecular weight is 355 g/mol. The van der Waals surface area contributed by atoms with Gasteiger partial charge in [0.2, 0.25) is 5.78 Å². The fourth-order valence-corrected chi connectivity index (χ4v) is 4.02. The van der Waals surface area contributed by atoms with Crippen LogP contribution in [0.3, 0.4) is 0 Å². The number of aliphatic hydroxyl groups is 1. The summed E-state index contributed by atoms with van der Waals surface area (Å²) in [4.78, 5) is 28.6. The number of nitrogens with one attached hydrogen (secondary N) is 1. The van der Waals surface area contributed by atoms with Crippen molar-refractivity contribution in [2.24, 2.45) is 0 Å².